The number of rotatable bonds is 7. The SMILES string of the molecule is C=C(C(=O)OC)C(c1ccc2ccccc2c1)N(c1ccccc1)c1ccc(OC)cc1. The molecule has 0 N–H and O–H groups in total. The Hall–Kier alpha value is -4.05. The number of hydrogen-bond acceptors (Lipinski definition) is 4. The van der Waals surface area contributed by atoms with Crippen LogP contribution in [0.5, 0.6) is 5.75 Å². The summed E-state index contributed by atoms with van der Waals surface area (Å²) < 4.78 is 10.4. The van der Waals surface area contributed by atoms with Crippen LogP contribution in [0.15, 0.2) is 109 Å². The van der Waals surface area contributed by atoms with E-state index in [0.29, 0.717) is 5.57 Å². The van der Waals surface area contributed by atoms with Crippen LogP contribution in [-0.2, 0) is 9.53 Å². The summed E-state index contributed by atoms with van der Waals surface area (Å²) in [6, 6.07) is 31.6. The van der Waals surface area contributed by atoms with Crippen LogP contribution in [0.3, 0.4) is 0 Å². The summed E-state index contributed by atoms with van der Waals surface area (Å²) in [6.45, 7) is 4.15. The van der Waals surface area contributed by atoms with E-state index in [4.69, 9.17) is 9.47 Å². The van der Waals surface area contributed by atoms with Gasteiger partial charge in [0.05, 0.1) is 25.8 Å². The Morgan fingerprint density at radius 3 is 2.06 bits per heavy atom. The molecule has 0 aliphatic carbocycles. The van der Waals surface area contributed by atoms with Crippen LogP contribution in [0, 0.1) is 0 Å². The van der Waals surface area contributed by atoms with Crippen LogP contribution in [0.4, 0.5) is 11.4 Å². The van der Waals surface area contributed by atoms with E-state index in [2.05, 4.69) is 35.7 Å². The summed E-state index contributed by atoms with van der Waals surface area (Å²) in [5, 5.41) is 2.23. The zero-order valence-electron chi connectivity index (χ0n) is 18.2. The van der Waals surface area contributed by atoms with Gasteiger partial charge in [0, 0.05) is 11.4 Å². The number of methoxy groups -OCH3 is 2. The Bertz CT molecular complexity index is 1230. The highest BCUT2D eigenvalue weighted by molar-refractivity contribution is 5.92. The van der Waals surface area contributed by atoms with E-state index >= 15 is 0 Å². The number of carbonyl (C=O) groups is 1. The van der Waals surface area contributed by atoms with E-state index in [9.17, 15) is 4.79 Å². The van der Waals surface area contributed by atoms with E-state index in [1.807, 2.05) is 72.8 Å². The average molecular weight is 424 g/mol. The lowest BCUT2D eigenvalue weighted by molar-refractivity contribution is -0.136. The molecule has 0 bridgehead atoms. The van der Waals surface area contributed by atoms with Gasteiger partial charge in [0.15, 0.2) is 0 Å². The van der Waals surface area contributed by atoms with Gasteiger partial charge in [-0.05, 0) is 58.8 Å². The van der Waals surface area contributed by atoms with Crippen molar-refractivity contribution < 1.29 is 14.3 Å². The van der Waals surface area contributed by atoms with Crippen molar-refractivity contribution in [3.63, 3.8) is 0 Å². The van der Waals surface area contributed by atoms with Gasteiger partial charge in [0.25, 0.3) is 0 Å². The molecule has 0 saturated heterocycles. The number of nitrogens with zero attached hydrogens (tertiary/aromatic N) is 1. The zero-order valence-corrected chi connectivity index (χ0v) is 18.2. The number of esters is 1. The van der Waals surface area contributed by atoms with Crippen LogP contribution < -0.4 is 9.64 Å². The molecule has 0 amide bonds. The molecule has 0 fully saturated rings. The number of para-hydroxylation sites is 1. The quantitative estimate of drug-likeness (QED) is 0.253. The molecule has 1 atom stereocenters. The van der Waals surface area contributed by atoms with Crippen LogP contribution in [-0.4, -0.2) is 20.2 Å². The van der Waals surface area contributed by atoms with Crippen molar-refractivity contribution in [3.8, 4) is 5.75 Å². The highest BCUT2D eigenvalue weighted by Crippen LogP contribution is 2.40. The van der Waals surface area contributed by atoms with Crippen LogP contribution in [0.1, 0.15) is 11.6 Å². The Labute approximate surface area is 188 Å². The lowest BCUT2D eigenvalue weighted by Crippen LogP contribution is -2.28. The molecule has 0 spiro atoms. The first-order valence-electron chi connectivity index (χ1n) is 10.4. The maximum Gasteiger partial charge on any atom is 0.335 e. The Morgan fingerprint density at radius 1 is 0.781 bits per heavy atom. The lowest BCUT2D eigenvalue weighted by Gasteiger charge is -2.35. The molecule has 32 heavy (non-hydrogen) atoms. The summed E-state index contributed by atoms with van der Waals surface area (Å²) >= 11 is 0. The van der Waals surface area contributed by atoms with Gasteiger partial charge in [-0.2, -0.15) is 0 Å². The predicted molar refractivity (Wildman–Crippen MR) is 129 cm³/mol. The summed E-state index contributed by atoms with van der Waals surface area (Å²) in [5.74, 6) is 0.313. The number of hydrogen-bond donors (Lipinski definition) is 0. The van der Waals surface area contributed by atoms with E-state index in [1.165, 1.54) is 7.11 Å². The fourth-order valence-electron chi connectivity index (χ4n) is 3.91. The third kappa shape index (κ3) is 4.21. The van der Waals surface area contributed by atoms with Crippen LogP contribution >= 0.6 is 0 Å². The average Bonchev–Trinajstić information content (AvgIpc) is 2.86. The number of carbonyl (C=O) groups excluding carboxylic acids is 1. The molecule has 4 nitrogen and oxygen atoms in total. The second-order valence-electron chi connectivity index (χ2n) is 7.43. The normalized spacial score (nSPS) is 11.6. The van der Waals surface area contributed by atoms with Gasteiger partial charge >= 0.3 is 5.97 Å². The molecule has 0 saturated carbocycles. The molecule has 0 radical (unpaired) electrons. The van der Waals surface area contributed by atoms with Crippen molar-refractivity contribution in [1.82, 2.24) is 0 Å². The maximum atomic E-state index is 12.7. The Kier molecular flexibility index (Phi) is 6.22. The molecule has 160 valence electrons. The van der Waals surface area contributed by atoms with E-state index < -0.39 is 12.0 Å². The number of benzene rings is 4. The Morgan fingerprint density at radius 2 is 1.41 bits per heavy atom. The van der Waals surface area contributed by atoms with Crippen LogP contribution in [0.2, 0.25) is 0 Å². The second kappa shape index (κ2) is 9.40. The van der Waals surface area contributed by atoms with Gasteiger partial charge < -0.3 is 14.4 Å². The van der Waals surface area contributed by atoms with E-state index in [0.717, 1.165) is 33.5 Å². The summed E-state index contributed by atoms with van der Waals surface area (Å²) in [6.07, 6.45) is 0. The molecule has 0 aliphatic heterocycles. The fourth-order valence-corrected chi connectivity index (χ4v) is 3.91. The maximum absolute atomic E-state index is 12.7. The molecular weight excluding hydrogens is 398 g/mol. The fraction of sp³-hybridized carbons (Fsp3) is 0.107. The molecule has 1 unspecified atom stereocenters. The Balaban J connectivity index is 1.93. The number of anilines is 2. The molecule has 4 aromatic carbocycles. The number of ether oxygens (including phenoxy) is 2. The van der Waals surface area contributed by atoms with Gasteiger partial charge in [0.2, 0.25) is 0 Å². The van der Waals surface area contributed by atoms with Crippen molar-refractivity contribution in [2.45, 2.75) is 6.04 Å². The van der Waals surface area contributed by atoms with Crippen molar-refractivity contribution in [2.75, 3.05) is 19.1 Å². The molecular formula is C28H25NO3. The second-order valence-corrected chi connectivity index (χ2v) is 7.43. The largest absolute Gasteiger partial charge is 0.497 e. The third-order valence-electron chi connectivity index (χ3n) is 5.51. The van der Waals surface area contributed by atoms with Gasteiger partial charge in [-0.1, -0.05) is 61.2 Å². The predicted octanol–water partition coefficient (Wildman–Crippen LogP) is 6.46. The van der Waals surface area contributed by atoms with Crippen molar-refractivity contribution in [1.29, 1.82) is 0 Å². The van der Waals surface area contributed by atoms with E-state index in [1.54, 1.807) is 7.11 Å². The number of fused-ring (bicyclic) bond motifs is 1. The first kappa shape index (κ1) is 21.2. The molecule has 4 aromatic rings. The first-order chi connectivity index (χ1) is 15.6. The monoisotopic (exact) mass is 423 g/mol. The molecule has 4 heteroatoms. The highest BCUT2D eigenvalue weighted by Gasteiger charge is 2.29. The minimum atomic E-state index is -0.470. The summed E-state index contributed by atoms with van der Waals surface area (Å²) in [4.78, 5) is 14.8. The molecule has 4 rings (SSSR count). The topological polar surface area (TPSA) is 38.8 Å². The zero-order chi connectivity index (χ0) is 22.5. The molecule has 0 aromatic heterocycles. The van der Waals surface area contributed by atoms with Gasteiger partial charge in [-0.15, -0.1) is 0 Å². The summed E-state index contributed by atoms with van der Waals surface area (Å²) in [5.41, 5.74) is 3.13. The molecule has 0 heterocycles. The highest BCUT2D eigenvalue weighted by atomic mass is 16.5. The minimum Gasteiger partial charge on any atom is -0.497 e. The summed E-state index contributed by atoms with van der Waals surface area (Å²) in [7, 11) is 3.02. The van der Waals surface area contributed by atoms with Gasteiger partial charge in [0.1, 0.15) is 5.75 Å². The smallest absolute Gasteiger partial charge is 0.335 e. The molecule has 0 aliphatic rings. The van der Waals surface area contributed by atoms with Gasteiger partial charge in [-0.3, -0.25) is 0 Å². The standard InChI is InChI=1S/C28H25NO3/c1-20(28(30)32-3)27(23-14-13-21-9-7-8-10-22(21)19-23)29(24-11-5-4-6-12-24)25-15-17-26(31-2)18-16-25/h4-19,27H,1H2,2-3H3. The van der Waals surface area contributed by atoms with Crippen LogP contribution in [0.25, 0.3) is 10.8 Å². The van der Waals surface area contributed by atoms with Gasteiger partial charge in [-0.25, -0.2) is 4.79 Å². The van der Waals surface area contributed by atoms with Crippen molar-refractivity contribution in [2.24, 2.45) is 0 Å². The lowest BCUT2D eigenvalue weighted by atomic mass is 9.94. The first-order valence-corrected chi connectivity index (χ1v) is 10.4. The van der Waals surface area contributed by atoms with E-state index in [-0.39, 0.29) is 0 Å². The third-order valence-corrected chi connectivity index (χ3v) is 5.51. The van der Waals surface area contributed by atoms with Crippen molar-refractivity contribution in [3.05, 3.63) is 115 Å². The minimum absolute atomic E-state index is 0.349. The van der Waals surface area contributed by atoms with Crippen molar-refractivity contribution >= 4 is 28.1 Å².